The van der Waals surface area contributed by atoms with E-state index in [4.69, 9.17) is 5.73 Å². The van der Waals surface area contributed by atoms with Crippen molar-refractivity contribution in [3.8, 4) is 0 Å². The molecule has 1 unspecified atom stereocenters. The zero-order chi connectivity index (χ0) is 12.3. The third-order valence-corrected chi connectivity index (χ3v) is 2.76. The van der Waals surface area contributed by atoms with Crippen LogP contribution in [-0.4, -0.2) is 27.2 Å². The Morgan fingerprint density at radius 1 is 1.47 bits per heavy atom. The maximum absolute atomic E-state index is 5.51. The summed E-state index contributed by atoms with van der Waals surface area (Å²) in [6.07, 6.45) is 3.66. The molecule has 1 atom stereocenters. The van der Waals surface area contributed by atoms with Gasteiger partial charge in [-0.05, 0) is 50.9 Å². The lowest BCUT2D eigenvalue weighted by Gasteiger charge is -2.15. The molecule has 2 aromatic heterocycles. The average molecular weight is 233 g/mol. The summed E-state index contributed by atoms with van der Waals surface area (Å²) in [7, 11) is 0. The summed E-state index contributed by atoms with van der Waals surface area (Å²) in [5.74, 6) is 0.988. The Morgan fingerprint density at radius 2 is 2.29 bits per heavy atom. The second-order valence-corrected chi connectivity index (χ2v) is 4.42. The fourth-order valence-corrected chi connectivity index (χ4v) is 1.91. The number of rotatable bonds is 5. The fraction of sp³-hybridized carbons (Fsp3) is 0.500. The highest BCUT2D eigenvalue weighted by Crippen LogP contribution is 2.15. The Labute approximate surface area is 101 Å². The minimum atomic E-state index is 0.382. The minimum absolute atomic E-state index is 0.382. The molecule has 2 aromatic rings. The van der Waals surface area contributed by atoms with E-state index in [0.29, 0.717) is 6.04 Å². The van der Waals surface area contributed by atoms with Crippen molar-refractivity contribution in [1.82, 2.24) is 14.6 Å². The van der Waals surface area contributed by atoms with E-state index in [0.717, 1.165) is 30.9 Å². The quantitative estimate of drug-likeness (QED) is 0.822. The van der Waals surface area contributed by atoms with Crippen LogP contribution in [0.1, 0.15) is 25.3 Å². The monoisotopic (exact) mass is 233 g/mol. The van der Waals surface area contributed by atoms with E-state index in [1.54, 1.807) is 6.33 Å². The van der Waals surface area contributed by atoms with E-state index in [2.05, 4.69) is 35.3 Å². The van der Waals surface area contributed by atoms with Gasteiger partial charge in [-0.25, -0.2) is 4.98 Å². The molecule has 2 heterocycles. The van der Waals surface area contributed by atoms with Crippen LogP contribution < -0.4 is 11.1 Å². The molecule has 3 N–H and O–H groups in total. The summed E-state index contributed by atoms with van der Waals surface area (Å²) < 4.78 is 1.83. The number of hydrogen-bond donors (Lipinski definition) is 2. The molecule has 0 bridgehead atoms. The molecule has 17 heavy (non-hydrogen) atoms. The van der Waals surface area contributed by atoms with Crippen LogP contribution in [0, 0.1) is 6.92 Å². The van der Waals surface area contributed by atoms with Gasteiger partial charge in [-0.15, -0.1) is 0 Å². The number of nitrogens with two attached hydrogens (primary N) is 1. The van der Waals surface area contributed by atoms with E-state index in [9.17, 15) is 0 Å². The van der Waals surface area contributed by atoms with Gasteiger partial charge in [-0.3, -0.25) is 0 Å². The van der Waals surface area contributed by atoms with E-state index < -0.39 is 0 Å². The van der Waals surface area contributed by atoms with Crippen molar-refractivity contribution in [2.45, 2.75) is 32.7 Å². The van der Waals surface area contributed by atoms with Crippen LogP contribution in [0.15, 0.2) is 18.5 Å². The summed E-state index contributed by atoms with van der Waals surface area (Å²) in [6, 6.07) is 4.48. The molecule has 0 saturated heterocycles. The number of nitrogens with one attached hydrogen (secondary N) is 1. The molecule has 92 valence electrons. The SMILES string of the molecule is Cc1cc(NC(C)CCCN)n2ncnc2c1. The molecule has 0 aliphatic heterocycles. The number of nitrogens with zero attached hydrogens (tertiary/aromatic N) is 3. The van der Waals surface area contributed by atoms with E-state index in [1.807, 2.05) is 10.6 Å². The lowest BCUT2D eigenvalue weighted by Crippen LogP contribution is -2.18. The highest BCUT2D eigenvalue weighted by Gasteiger charge is 2.07. The summed E-state index contributed by atoms with van der Waals surface area (Å²) in [4.78, 5) is 4.20. The lowest BCUT2D eigenvalue weighted by atomic mass is 10.2. The second kappa shape index (κ2) is 5.14. The van der Waals surface area contributed by atoms with Crippen LogP contribution in [0.3, 0.4) is 0 Å². The van der Waals surface area contributed by atoms with Gasteiger partial charge in [0.05, 0.1) is 0 Å². The number of pyridine rings is 1. The third-order valence-electron chi connectivity index (χ3n) is 2.76. The number of aryl methyl sites for hydroxylation is 1. The van der Waals surface area contributed by atoms with Crippen molar-refractivity contribution in [2.75, 3.05) is 11.9 Å². The number of hydrogen-bond acceptors (Lipinski definition) is 4. The number of anilines is 1. The van der Waals surface area contributed by atoms with Crippen LogP contribution in [0.5, 0.6) is 0 Å². The Kier molecular flexibility index (Phi) is 3.58. The summed E-state index contributed by atoms with van der Waals surface area (Å²) in [5.41, 5.74) is 7.57. The summed E-state index contributed by atoms with van der Waals surface area (Å²) in [6.45, 7) is 4.95. The Bertz CT molecular complexity index is 491. The molecular weight excluding hydrogens is 214 g/mol. The first-order chi connectivity index (χ1) is 8.20. The molecule has 2 rings (SSSR count). The fourth-order valence-electron chi connectivity index (χ4n) is 1.91. The number of aromatic nitrogens is 3. The topological polar surface area (TPSA) is 68.2 Å². The lowest BCUT2D eigenvalue weighted by molar-refractivity contribution is 0.657. The van der Waals surface area contributed by atoms with Crippen molar-refractivity contribution in [2.24, 2.45) is 5.73 Å². The predicted molar refractivity (Wildman–Crippen MR) is 69.1 cm³/mol. The van der Waals surface area contributed by atoms with Crippen molar-refractivity contribution < 1.29 is 0 Å². The van der Waals surface area contributed by atoms with Crippen molar-refractivity contribution >= 4 is 11.5 Å². The molecule has 0 amide bonds. The zero-order valence-electron chi connectivity index (χ0n) is 10.3. The maximum atomic E-state index is 5.51. The molecule has 5 nitrogen and oxygen atoms in total. The van der Waals surface area contributed by atoms with E-state index >= 15 is 0 Å². The van der Waals surface area contributed by atoms with E-state index in [1.165, 1.54) is 5.56 Å². The summed E-state index contributed by atoms with van der Waals surface area (Å²) in [5, 5.41) is 7.66. The maximum Gasteiger partial charge on any atom is 0.157 e. The van der Waals surface area contributed by atoms with Gasteiger partial charge in [0.2, 0.25) is 0 Å². The van der Waals surface area contributed by atoms with Crippen LogP contribution >= 0.6 is 0 Å². The molecule has 0 fully saturated rings. The molecule has 0 spiro atoms. The van der Waals surface area contributed by atoms with Gasteiger partial charge in [-0.1, -0.05) is 0 Å². The highest BCUT2D eigenvalue weighted by atomic mass is 15.3. The molecule has 0 saturated carbocycles. The molecular formula is C12H19N5. The molecule has 0 aromatic carbocycles. The normalized spacial score (nSPS) is 12.9. The second-order valence-electron chi connectivity index (χ2n) is 4.42. The van der Waals surface area contributed by atoms with Crippen molar-refractivity contribution in [1.29, 1.82) is 0 Å². The molecule has 0 radical (unpaired) electrons. The van der Waals surface area contributed by atoms with Crippen LogP contribution in [0.25, 0.3) is 5.65 Å². The first-order valence-corrected chi connectivity index (χ1v) is 5.97. The average Bonchev–Trinajstić information content (AvgIpc) is 2.74. The van der Waals surface area contributed by atoms with Crippen LogP contribution in [0.2, 0.25) is 0 Å². The van der Waals surface area contributed by atoms with Crippen LogP contribution in [-0.2, 0) is 0 Å². The van der Waals surface area contributed by atoms with Gasteiger partial charge in [0, 0.05) is 6.04 Å². The minimum Gasteiger partial charge on any atom is -0.367 e. The standard InChI is InChI=1S/C12H19N5/c1-9-6-11-14-8-15-17(11)12(7-9)16-10(2)4-3-5-13/h6-8,10,16H,3-5,13H2,1-2H3. The van der Waals surface area contributed by atoms with Crippen molar-refractivity contribution in [3.05, 3.63) is 24.0 Å². The Balaban J connectivity index is 2.19. The van der Waals surface area contributed by atoms with Crippen LogP contribution in [0.4, 0.5) is 5.82 Å². The van der Waals surface area contributed by atoms with Gasteiger partial charge in [0.25, 0.3) is 0 Å². The Morgan fingerprint density at radius 3 is 3.06 bits per heavy atom. The number of fused-ring (bicyclic) bond motifs is 1. The van der Waals surface area contributed by atoms with Gasteiger partial charge in [0.15, 0.2) is 5.65 Å². The highest BCUT2D eigenvalue weighted by molar-refractivity contribution is 5.51. The Hall–Kier alpha value is -1.62. The van der Waals surface area contributed by atoms with Gasteiger partial charge >= 0.3 is 0 Å². The predicted octanol–water partition coefficient (Wildman–Crippen LogP) is 1.58. The molecule has 0 aliphatic carbocycles. The zero-order valence-corrected chi connectivity index (χ0v) is 10.3. The third kappa shape index (κ3) is 2.74. The smallest absolute Gasteiger partial charge is 0.157 e. The van der Waals surface area contributed by atoms with Gasteiger partial charge < -0.3 is 11.1 Å². The first-order valence-electron chi connectivity index (χ1n) is 5.97. The first kappa shape index (κ1) is 11.9. The largest absolute Gasteiger partial charge is 0.367 e. The molecule has 5 heteroatoms. The summed E-state index contributed by atoms with van der Waals surface area (Å²) >= 11 is 0. The van der Waals surface area contributed by atoms with Gasteiger partial charge in [-0.2, -0.15) is 9.61 Å². The molecule has 0 aliphatic rings. The van der Waals surface area contributed by atoms with E-state index in [-0.39, 0.29) is 0 Å². The van der Waals surface area contributed by atoms with Crippen molar-refractivity contribution in [3.63, 3.8) is 0 Å². The van der Waals surface area contributed by atoms with Gasteiger partial charge in [0.1, 0.15) is 12.1 Å².